The molecule has 3 aromatic heterocycles. The van der Waals surface area contributed by atoms with Gasteiger partial charge in [-0.15, -0.1) is 0 Å². The molecule has 0 aliphatic carbocycles. The van der Waals surface area contributed by atoms with Gasteiger partial charge >= 0.3 is 0 Å². The molecule has 0 aromatic carbocycles. The van der Waals surface area contributed by atoms with Crippen molar-refractivity contribution in [1.29, 1.82) is 0 Å². The molecular formula is C18H15N3O3S2. The summed E-state index contributed by atoms with van der Waals surface area (Å²) in [5.41, 5.74) is 1.58. The Labute approximate surface area is 157 Å². The number of anilines is 1. The quantitative estimate of drug-likeness (QED) is 0.696. The van der Waals surface area contributed by atoms with Crippen LogP contribution in [0.15, 0.2) is 45.7 Å². The van der Waals surface area contributed by atoms with E-state index < -0.39 is 0 Å². The number of amides is 2. The van der Waals surface area contributed by atoms with Crippen molar-refractivity contribution in [2.24, 2.45) is 0 Å². The second kappa shape index (κ2) is 7.27. The maximum atomic E-state index is 12.4. The minimum atomic E-state index is -0.160. The van der Waals surface area contributed by atoms with Crippen molar-refractivity contribution in [3.63, 3.8) is 0 Å². The molecule has 0 radical (unpaired) electrons. The van der Waals surface area contributed by atoms with Crippen molar-refractivity contribution in [3.05, 3.63) is 63.2 Å². The lowest BCUT2D eigenvalue weighted by molar-refractivity contribution is -0.126. The molecule has 0 unspecified atom stereocenters. The summed E-state index contributed by atoms with van der Waals surface area (Å²) in [6.45, 7) is 1.11. The molecule has 4 rings (SSSR count). The summed E-state index contributed by atoms with van der Waals surface area (Å²) in [6.07, 6.45) is 5.43. The molecule has 3 aromatic rings. The Balaban J connectivity index is 1.41. The zero-order valence-electron chi connectivity index (χ0n) is 13.7. The maximum Gasteiger partial charge on any atom is 0.258 e. The standard InChI is InChI=1S/C18H15N3O3S2/c22-16(4-3-13-2-1-8-24-13)21-7-5-14-15(10-21)26-18(19-14)20-17(23)12-6-9-25-11-12/h1-4,6,8-9,11H,5,7,10H2,(H,19,20,23)/b4-3+. The predicted octanol–water partition coefficient (Wildman–Crippen LogP) is 3.65. The van der Waals surface area contributed by atoms with Crippen LogP contribution < -0.4 is 5.32 Å². The highest BCUT2D eigenvalue weighted by molar-refractivity contribution is 7.16. The molecule has 2 amide bonds. The minimum absolute atomic E-state index is 0.0655. The van der Waals surface area contributed by atoms with Gasteiger partial charge in [0.15, 0.2) is 5.13 Å². The summed E-state index contributed by atoms with van der Waals surface area (Å²) in [7, 11) is 0. The SMILES string of the molecule is O=C(Nc1nc2c(s1)CN(C(=O)/C=C/c1ccco1)CC2)c1ccsc1. The molecule has 4 heterocycles. The van der Waals surface area contributed by atoms with E-state index in [1.807, 2.05) is 5.38 Å². The highest BCUT2D eigenvalue weighted by Gasteiger charge is 2.23. The largest absolute Gasteiger partial charge is 0.465 e. The highest BCUT2D eigenvalue weighted by Crippen LogP contribution is 2.29. The first-order chi connectivity index (χ1) is 12.7. The number of rotatable bonds is 4. The molecule has 1 aliphatic rings. The van der Waals surface area contributed by atoms with Crippen LogP contribution in [0.4, 0.5) is 5.13 Å². The Morgan fingerprint density at radius 2 is 2.27 bits per heavy atom. The second-order valence-electron chi connectivity index (χ2n) is 5.71. The van der Waals surface area contributed by atoms with Crippen LogP contribution in [0.1, 0.15) is 26.7 Å². The molecule has 26 heavy (non-hydrogen) atoms. The molecule has 8 heteroatoms. The summed E-state index contributed by atoms with van der Waals surface area (Å²) in [4.78, 5) is 31.8. The summed E-state index contributed by atoms with van der Waals surface area (Å²) in [5, 5.41) is 7.07. The molecule has 0 saturated heterocycles. The molecule has 1 N–H and O–H groups in total. The van der Waals surface area contributed by atoms with Crippen LogP contribution in [-0.2, 0) is 17.8 Å². The number of hydrogen-bond donors (Lipinski definition) is 1. The third-order valence-electron chi connectivity index (χ3n) is 3.98. The molecule has 6 nitrogen and oxygen atoms in total. The summed E-state index contributed by atoms with van der Waals surface area (Å²) in [6, 6.07) is 5.35. The molecule has 0 atom stereocenters. The molecule has 0 fully saturated rings. The van der Waals surface area contributed by atoms with Gasteiger partial charge in [-0.25, -0.2) is 4.98 Å². The van der Waals surface area contributed by atoms with Crippen molar-refractivity contribution in [1.82, 2.24) is 9.88 Å². The second-order valence-corrected chi connectivity index (χ2v) is 7.58. The van der Waals surface area contributed by atoms with Crippen molar-refractivity contribution in [3.8, 4) is 0 Å². The Hall–Kier alpha value is -2.71. The normalized spacial score (nSPS) is 13.8. The number of carbonyl (C=O) groups is 2. The number of furan rings is 1. The average molecular weight is 385 g/mol. The third kappa shape index (κ3) is 3.61. The lowest BCUT2D eigenvalue weighted by Gasteiger charge is -2.24. The van der Waals surface area contributed by atoms with Gasteiger partial charge in [0.2, 0.25) is 5.91 Å². The Morgan fingerprint density at radius 3 is 3.04 bits per heavy atom. The lowest BCUT2D eigenvalue weighted by Crippen LogP contribution is -2.34. The fourth-order valence-corrected chi connectivity index (χ4v) is 4.30. The van der Waals surface area contributed by atoms with Crippen LogP contribution in [0.5, 0.6) is 0 Å². The average Bonchev–Trinajstić information content (AvgIpc) is 3.39. The topological polar surface area (TPSA) is 75.4 Å². The summed E-state index contributed by atoms with van der Waals surface area (Å²) in [5.74, 6) is 0.420. The van der Waals surface area contributed by atoms with Gasteiger partial charge in [0, 0.05) is 29.3 Å². The van der Waals surface area contributed by atoms with Crippen molar-refractivity contribution in [2.75, 3.05) is 11.9 Å². The van der Waals surface area contributed by atoms with Crippen molar-refractivity contribution in [2.45, 2.75) is 13.0 Å². The third-order valence-corrected chi connectivity index (χ3v) is 5.66. The molecule has 0 spiro atoms. The fourth-order valence-electron chi connectivity index (χ4n) is 2.64. The van der Waals surface area contributed by atoms with Gasteiger partial charge in [0.25, 0.3) is 5.91 Å². The van der Waals surface area contributed by atoms with Crippen LogP contribution in [-0.4, -0.2) is 28.2 Å². The van der Waals surface area contributed by atoms with Gasteiger partial charge in [-0.3, -0.25) is 14.9 Å². The van der Waals surface area contributed by atoms with Gasteiger partial charge in [0.1, 0.15) is 5.76 Å². The number of aromatic nitrogens is 1. The number of thiazole rings is 1. The number of hydrogen-bond acceptors (Lipinski definition) is 6. The van der Waals surface area contributed by atoms with Gasteiger partial charge in [-0.05, 0) is 29.7 Å². The smallest absolute Gasteiger partial charge is 0.258 e. The predicted molar refractivity (Wildman–Crippen MR) is 101 cm³/mol. The van der Waals surface area contributed by atoms with Gasteiger partial charge in [-0.2, -0.15) is 11.3 Å². The van der Waals surface area contributed by atoms with Crippen LogP contribution >= 0.6 is 22.7 Å². The first-order valence-corrected chi connectivity index (χ1v) is 9.77. The highest BCUT2D eigenvalue weighted by atomic mass is 32.1. The van der Waals surface area contributed by atoms with E-state index in [2.05, 4.69) is 10.3 Å². The monoisotopic (exact) mass is 385 g/mol. The number of nitrogens with zero attached hydrogens (tertiary/aromatic N) is 2. The van der Waals surface area contributed by atoms with Crippen LogP contribution in [0.3, 0.4) is 0 Å². The van der Waals surface area contributed by atoms with Crippen molar-refractivity contribution < 1.29 is 14.0 Å². The van der Waals surface area contributed by atoms with Gasteiger partial charge in [-0.1, -0.05) is 11.3 Å². The van der Waals surface area contributed by atoms with E-state index in [0.29, 0.717) is 36.0 Å². The number of carbonyl (C=O) groups excluding carboxylic acids is 2. The zero-order valence-corrected chi connectivity index (χ0v) is 15.3. The number of nitrogens with one attached hydrogen (secondary N) is 1. The Kier molecular flexibility index (Phi) is 4.68. The minimum Gasteiger partial charge on any atom is -0.465 e. The van der Waals surface area contributed by atoms with Crippen molar-refractivity contribution >= 4 is 45.7 Å². The first kappa shape index (κ1) is 16.7. The van der Waals surface area contributed by atoms with E-state index in [0.717, 1.165) is 10.6 Å². The Morgan fingerprint density at radius 1 is 1.35 bits per heavy atom. The molecular weight excluding hydrogens is 370 g/mol. The zero-order chi connectivity index (χ0) is 17.9. The van der Waals surface area contributed by atoms with E-state index in [9.17, 15) is 9.59 Å². The van der Waals surface area contributed by atoms with Crippen LogP contribution in [0, 0.1) is 0 Å². The lowest BCUT2D eigenvalue weighted by atomic mass is 10.2. The van der Waals surface area contributed by atoms with E-state index in [4.69, 9.17) is 4.42 Å². The van der Waals surface area contributed by atoms with E-state index in [-0.39, 0.29) is 11.8 Å². The van der Waals surface area contributed by atoms with Gasteiger partial charge in [0.05, 0.1) is 24.1 Å². The van der Waals surface area contributed by atoms with Gasteiger partial charge < -0.3 is 9.32 Å². The molecule has 0 saturated carbocycles. The van der Waals surface area contributed by atoms with Crippen LogP contribution in [0.2, 0.25) is 0 Å². The Bertz CT molecular complexity index is 943. The van der Waals surface area contributed by atoms with E-state index >= 15 is 0 Å². The van der Waals surface area contributed by atoms with E-state index in [1.54, 1.807) is 40.8 Å². The summed E-state index contributed by atoms with van der Waals surface area (Å²) < 4.78 is 5.19. The number of fused-ring (bicyclic) bond motifs is 1. The van der Waals surface area contributed by atoms with E-state index in [1.165, 1.54) is 28.7 Å². The summed E-state index contributed by atoms with van der Waals surface area (Å²) >= 11 is 2.90. The first-order valence-electron chi connectivity index (χ1n) is 8.01. The molecule has 132 valence electrons. The molecule has 1 aliphatic heterocycles. The maximum absolute atomic E-state index is 12.4. The fraction of sp³-hybridized carbons (Fsp3) is 0.167. The molecule has 0 bridgehead atoms. The van der Waals surface area contributed by atoms with Crippen LogP contribution in [0.25, 0.3) is 6.08 Å². The number of thiophene rings is 1.